The first-order valence-corrected chi connectivity index (χ1v) is 9.42. The van der Waals surface area contributed by atoms with Crippen molar-refractivity contribution < 1.29 is 14.3 Å². The molecule has 0 N–H and O–H groups in total. The van der Waals surface area contributed by atoms with Gasteiger partial charge in [0.15, 0.2) is 0 Å². The van der Waals surface area contributed by atoms with E-state index in [2.05, 4.69) is 9.97 Å². The molecule has 2 aliphatic heterocycles. The predicted molar refractivity (Wildman–Crippen MR) is 103 cm³/mol. The Balaban J connectivity index is 1.32. The lowest BCUT2D eigenvalue weighted by Gasteiger charge is -2.22. The van der Waals surface area contributed by atoms with Crippen LogP contribution in [0.3, 0.4) is 0 Å². The number of carbonyl (C=O) groups is 2. The number of aromatic nitrogens is 2. The third-order valence-corrected chi connectivity index (χ3v) is 5.04. The summed E-state index contributed by atoms with van der Waals surface area (Å²) < 4.78 is 5.76. The Hall–Kier alpha value is -3.67. The Labute approximate surface area is 168 Å². The van der Waals surface area contributed by atoms with Gasteiger partial charge in [0.25, 0.3) is 5.88 Å². The average molecular weight is 392 g/mol. The smallest absolute Gasteiger partial charge is 0.325 e. The lowest BCUT2D eigenvalue weighted by Crippen LogP contribution is -2.42. The van der Waals surface area contributed by atoms with Crippen molar-refractivity contribution in [3.63, 3.8) is 0 Å². The molecule has 3 amide bonds. The third-order valence-electron chi connectivity index (χ3n) is 5.04. The molecule has 0 bridgehead atoms. The third kappa shape index (κ3) is 3.96. The zero-order valence-corrected chi connectivity index (χ0v) is 15.8. The molecule has 2 saturated heterocycles. The number of nitrogens with zero attached hydrogens (tertiary/aromatic N) is 6. The molecule has 1 atom stereocenters. The molecule has 1 aromatic heterocycles. The van der Waals surface area contributed by atoms with Gasteiger partial charge in [0, 0.05) is 44.1 Å². The van der Waals surface area contributed by atoms with Gasteiger partial charge in [0.05, 0.1) is 6.54 Å². The van der Waals surface area contributed by atoms with E-state index in [1.165, 1.54) is 12.4 Å². The predicted octanol–water partition coefficient (Wildman–Crippen LogP) is 1.27. The molecular formula is C20H20N6O3. The first kappa shape index (κ1) is 18.7. The lowest BCUT2D eigenvalue weighted by atomic mass is 10.3. The second-order valence-corrected chi connectivity index (χ2v) is 6.88. The van der Waals surface area contributed by atoms with Crippen LogP contribution in [0.4, 0.5) is 10.5 Å². The molecule has 3 heterocycles. The van der Waals surface area contributed by atoms with Gasteiger partial charge in [-0.05, 0) is 12.1 Å². The zero-order valence-electron chi connectivity index (χ0n) is 15.8. The summed E-state index contributed by atoms with van der Waals surface area (Å²) in [7, 11) is 0. The summed E-state index contributed by atoms with van der Waals surface area (Å²) >= 11 is 0. The van der Waals surface area contributed by atoms with Crippen molar-refractivity contribution in [1.82, 2.24) is 19.8 Å². The van der Waals surface area contributed by atoms with Crippen molar-refractivity contribution in [3.05, 3.63) is 48.4 Å². The Morgan fingerprint density at radius 3 is 2.76 bits per heavy atom. The van der Waals surface area contributed by atoms with E-state index in [1.807, 2.05) is 36.4 Å². The van der Waals surface area contributed by atoms with Gasteiger partial charge in [-0.15, -0.1) is 0 Å². The summed E-state index contributed by atoms with van der Waals surface area (Å²) in [6, 6.07) is 11.2. The van der Waals surface area contributed by atoms with Crippen LogP contribution in [-0.2, 0) is 4.79 Å². The minimum absolute atomic E-state index is 0.0451. The van der Waals surface area contributed by atoms with Crippen LogP contribution >= 0.6 is 0 Å². The molecule has 2 aromatic rings. The van der Waals surface area contributed by atoms with E-state index in [9.17, 15) is 9.59 Å². The molecule has 0 saturated carbocycles. The topological polar surface area (TPSA) is 103 Å². The highest BCUT2D eigenvalue weighted by Crippen LogP contribution is 2.21. The molecule has 9 heteroatoms. The van der Waals surface area contributed by atoms with Gasteiger partial charge in [-0.3, -0.25) is 9.69 Å². The van der Waals surface area contributed by atoms with Crippen molar-refractivity contribution >= 4 is 17.6 Å². The maximum atomic E-state index is 12.7. The molecule has 1 aromatic carbocycles. The van der Waals surface area contributed by atoms with Gasteiger partial charge in [-0.1, -0.05) is 18.2 Å². The van der Waals surface area contributed by atoms with E-state index < -0.39 is 0 Å². The fourth-order valence-electron chi connectivity index (χ4n) is 3.54. The van der Waals surface area contributed by atoms with Crippen LogP contribution in [0.5, 0.6) is 5.88 Å². The summed E-state index contributed by atoms with van der Waals surface area (Å²) in [5.74, 6) is 0.0709. The summed E-state index contributed by atoms with van der Waals surface area (Å²) in [5, 5.41) is 9.08. The standard InChI is InChI=1S/C20H20N6O3/c21-12-17-19(23-8-7-22-17)29-16-6-9-24(13-16)18(27)14-25-10-11-26(20(25)28)15-4-2-1-3-5-15/h1-5,7-8,16H,6,9-11,13-14H2. The summed E-state index contributed by atoms with van der Waals surface area (Å²) in [6.45, 7) is 2.05. The largest absolute Gasteiger partial charge is 0.470 e. The molecule has 9 nitrogen and oxygen atoms in total. The Kier molecular flexibility index (Phi) is 5.24. The molecule has 0 aliphatic carbocycles. The normalized spacial score (nSPS) is 18.8. The SMILES string of the molecule is N#Cc1nccnc1OC1CCN(C(=O)CN2CCN(c3ccccc3)C2=O)C1. The van der Waals surface area contributed by atoms with E-state index in [-0.39, 0.29) is 36.2 Å². The summed E-state index contributed by atoms with van der Waals surface area (Å²) in [4.78, 5) is 38.2. The fourth-order valence-corrected chi connectivity index (χ4v) is 3.54. The maximum Gasteiger partial charge on any atom is 0.325 e. The molecule has 148 valence electrons. The Morgan fingerprint density at radius 2 is 1.97 bits per heavy atom. The summed E-state index contributed by atoms with van der Waals surface area (Å²) in [6.07, 6.45) is 3.28. The second-order valence-electron chi connectivity index (χ2n) is 6.88. The number of para-hydroxylation sites is 1. The van der Waals surface area contributed by atoms with Crippen LogP contribution in [0.15, 0.2) is 42.7 Å². The van der Waals surface area contributed by atoms with Gasteiger partial charge in [0.2, 0.25) is 11.6 Å². The van der Waals surface area contributed by atoms with Crippen molar-refractivity contribution in [1.29, 1.82) is 5.26 Å². The first-order valence-electron chi connectivity index (χ1n) is 9.42. The van der Waals surface area contributed by atoms with Crippen LogP contribution in [0.25, 0.3) is 0 Å². The number of urea groups is 1. The van der Waals surface area contributed by atoms with Crippen LogP contribution < -0.4 is 9.64 Å². The van der Waals surface area contributed by atoms with Crippen molar-refractivity contribution in [2.24, 2.45) is 0 Å². The number of hydrogen-bond donors (Lipinski definition) is 0. The number of benzene rings is 1. The fraction of sp³-hybridized carbons (Fsp3) is 0.350. The van der Waals surface area contributed by atoms with Crippen LogP contribution in [-0.4, -0.2) is 70.5 Å². The highest BCUT2D eigenvalue weighted by molar-refractivity contribution is 5.96. The monoisotopic (exact) mass is 392 g/mol. The van der Waals surface area contributed by atoms with Gasteiger partial charge >= 0.3 is 6.03 Å². The number of anilines is 1. The molecule has 0 radical (unpaired) electrons. The number of rotatable bonds is 5. The molecule has 29 heavy (non-hydrogen) atoms. The van der Waals surface area contributed by atoms with Crippen molar-refractivity contribution in [2.75, 3.05) is 37.6 Å². The number of hydrogen-bond acceptors (Lipinski definition) is 6. The molecule has 2 fully saturated rings. The number of likely N-dealkylation sites (tertiary alicyclic amines) is 1. The Bertz CT molecular complexity index is 945. The van der Waals surface area contributed by atoms with Crippen molar-refractivity contribution in [2.45, 2.75) is 12.5 Å². The average Bonchev–Trinajstić information content (AvgIpc) is 3.36. The molecule has 0 spiro atoms. The second kappa shape index (κ2) is 8.14. The first-order chi connectivity index (χ1) is 14.2. The lowest BCUT2D eigenvalue weighted by molar-refractivity contribution is -0.130. The number of carbonyl (C=O) groups excluding carboxylic acids is 2. The minimum Gasteiger partial charge on any atom is -0.470 e. The maximum absolute atomic E-state index is 12.7. The number of nitriles is 1. The molecule has 4 rings (SSSR count). The molecular weight excluding hydrogens is 372 g/mol. The molecule has 2 aliphatic rings. The highest BCUT2D eigenvalue weighted by Gasteiger charge is 2.34. The van der Waals surface area contributed by atoms with E-state index in [0.717, 1.165) is 5.69 Å². The Morgan fingerprint density at radius 1 is 1.17 bits per heavy atom. The van der Waals surface area contributed by atoms with Crippen LogP contribution in [0.1, 0.15) is 12.1 Å². The van der Waals surface area contributed by atoms with E-state index in [4.69, 9.17) is 10.00 Å². The molecule has 1 unspecified atom stereocenters. The number of amides is 3. The van der Waals surface area contributed by atoms with Gasteiger partial charge in [-0.25, -0.2) is 14.8 Å². The van der Waals surface area contributed by atoms with Crippen molar-refractivity contribution in [3.8, 4) is 11.9 Å². The van der Waals surface area contributed by atoms with Crippen LogP contribution in [0.2, 0.25) is 0 Å². The van der Waals surface area contributed by atoms with Crippen LogP contribution in [0, 0.1) is 11.3 Å². The van der Waals surface area contributed by atoms with E-state index >= 15 is 0 Å². The van der Waals surface area contributed by atoms with E-state index in [0.29, 0.717) is 32.6 Å². The zero-order chi connectivity index (χ0) is 20.2. The van der Waals surface area contributed by atoms with E-state index in [1.54, 1.807) is 14.7 Å². The van der Waals surface area contributed by atoms with Gasteiger partial charge in [0.1, 0.15) is 18.7 Å². The number of ether oxygens (including phenoxy) is 1. The summed E-state index contributed by atoms with van der Waals surface area (Å²) in [5.41, 5.74) is 0.959. The highest BCUT2D eigenvalue weighted by atomic mass is 16.5. The van der Waals surface area contributed by atoms with Gasteiger partial charge in [-0.2, -0.15) is 5.26 Å². The quantitative estimate of drug-likeness (QED) is 0.759. The van der Waals surface area contributed by atoms with Gasteiger partial charge < -0.3 is 14.5 Å². The minimum atomic E-state index is -0.252.